The Morgan fingerprint density at radius 1 is 1.31 bits per heavy atom. The molecule has 4 nitrogen and oxygen atoms in total. The lowest BCUT2D eigenvalue weighted by molar-refractivity contribution is 0.0879. The Labute approximate surface area is 93.8 Å². The summed E-state index contributed by atoms with van der Waals surface area (Å²) in [5, 5.41) is 2.30. The maximum absolute atomic E-state index is 11.7. The van der Waals surface area contributed by atoms with Crippen molar-refractivity contribution in [2.75, 3.05) is 0 Å². The van der Waals surface area contributed by atoms with Crippen LogP contribution in [0.4, 0.5) is 0 Å². The molecule has 0 aliphatic carbocycles. The van der Waals surface area contributed by atoms with Gasteiger partial charge in [0.25, 0.3) is 11.8 Å². The van der Waals surface area contributed by atoms with Gasteiger partial charge in [0, 0.05) is 6.04 Å². The summed E-state index contributed by atoms with van der Waals surface area (Å²) in [4.78, 5) is 23.1. The second-order valence-corrected chi connectivity index (χ2v) is 3.98. The summed E-state index contributed by atoms with van der Waals surface area (Å²) in [6.07, 6.45) is 0.695. The van der Waals surface area contributed by atoms with E-state index in [0.29, 0.717) is 17.5 Å². The van der Waals surface area contributed by atoms with E-state index in [-0.39, 0.29) is 17.9 Å². The molecule has 1 aliphatic heterocycles. The lowest BCUT2D eigenvalue weighted by atomic mass is 9.92. The highest BCUT2D eigenvalue weighted by Gasteiger charge is 2.30. The number of nitrogens with one attached hydrogen (secondary N) is 1. The number of rotatable bonds is 2. The molecule has 0 saturated heterocycles. The normalized spacial score (nSPS) is 15.9. The number of nitrogens with two attached hydrogens (primary N) is 1. The Morgan fingerprint density at radius 2 is 2.00 bits per heavy atom. The van der Waals surface area contributed by atoms with Gasteiger partial charge in [0.05, 0.1) is 11.1 Å². The molecule has 3 N–H and O–H groups in total. The fraction of sp³-hybridized carbons (Fsp3) is 0.333. The van der Waals surface area contributed by atoms with Gasteiger partial charge in [-0.15, -0.1) is 0 Å². The number of hydrogen-bond donors (Lipinski definition) is 2. The first-order chi connectivity index (χ1) is 7.56. The lowest BCUT2D eigenvalue weighted by Crippen LogP contribution is -2.20. The molecule has 0 fully saturated rings. The van der Waals surface area contributed by atoms with Crippen LogP contribution in [0, 0.1) is 0 Å². The van der Waals surface area contributed by atoms with E-state index in [0.717, 1.165) is 11.1 Å². The first kappa shape index (κ1) is 10.8. The molecule has 1 aromatic carbocycles. The predicted octanol–water partition coefficient (Wildman–Crippen LogP) is 1.15. The largest absolute Gasteiger partial charge is 0.324 e. The Kier molecular flexibility index (Phi) is 2.52. The molecule has 16 heavy (non-hydrogen) atoms. The second kappa shape index (κ2) is 3.72. The number of benzene rings is 1. The summed E-state index contributed by atoms with van der Waals surface area (Å²) in [6, 6.07) is 3.37. The quantitative estimate of drug-likeness (QED) is 0.731. The van der Waals surface area contributed by atoms with Gasteiger partial charge in [0.15, 0.2) is 0 Å². The van der Waals surface area contributed by atoms with Gasteiger partial charge in [0.1, 0.15) is 0 Å². The Hall–Kier alpha value is -1.68. The molecule has 0 bridgehead atoms. The summed E-state index contributed by atoms with van der Waals surface area (Å²) >= 11 is 0. The highest BCUT2D eigenvalue weighted by atomic mass is 16.2. The predicted molar refractivity (Wildman–Crippen MR) is 60.2 cm³/mol. The number of imide groups is 1. The minimum absolute atomic E-state index is 0.135. The van der Waals surface area contributed by atoms with Gasteiger partial charge >= 0.3 is 0 Å². The molecule has 0 aromatic heterocycles. The third-order valence-electron chi connectivity index (χ3n) is 2.89. The summed E-state index contributed by atoms with van der Waals surface area (Å²) in [5.41, 5.74) is 8.64. The van der Waals surface area contributed by atoms with Crippen molar-refractivity contribution in [3.8, 4) is 0 Å². The average Bonchev–Trinajstić information content (AvgIpc) is 2.53. The van der Waals surface area contributed by atoms with E-state index in [1.165, 1.54) is 0 Å². The van der Waals surface area contributed by atoms with Crippen LogP contribution in [0.15, 0.2) is 12.1 Å². The highest BCUT2D eigenvalue weighted by Crippen LogP contribution is 2.27. The zero-order valence-electron chi connectivity index (χ0n) is 9.33. The highest BCUT2D eigenvalue weighted by molar-refractivity contribution is 6.22. The van der Waals surface area contributed by atoms with Crippen LogP contribution in [0.5, 0.6) is 0 Å². The second-order valence-electron chi connectivity index (χ2n) is 3.98. The molecule has 84 valence electrons. The van der Waals surface area contributed by atoms with Crippen molar-refractivity contribution in [2.45, 2.75) is 26.3 Å². The third-order valence-corrected chi connectivity index (χ3v) is 2.89. The van der Waals surface area contributed by atoms with E-state index < -0.39 is 0 Å². The maximum Gasteiger partial charge on any atom is 0.259 e. The molecule has 2 rings (SSSR count). The molecular weight excluding hydrogens is 204 g/mol. The molecule has 0 spiro atoms. The van der Waals surface area contributed by atoms with E-state index in [1.54, 1.807) is 6.07 Å². The summed E-state index contributed by atoms with van der Waals surface area (Å²) in [5.74, 6) is -0.620. The van der Waals surface area contributed by atoms with E-state index in [4.69, 9.17) is 5.73 Å². The molecule has 1 aliphatic rings. The van der Waals surface area contributed by atoms with E-state index in [9.17, 15) is 9.59 Å². The van der Waals surface area contributed by atoms with Gasteiger partial charge in [-0.05, 0) is 30.5 Å². The first-order valence-corrected chi connectivity index (χ1v) is 5.33. The van der Waals surface area contributed by atoms with Crippen LogP contribution in [0.1, 0.15) is 51.7 Å². The van der Waals surface area contributed by atoms with Crippen molar-refractivity contribution in [1.82, 2.24) is 5.32 Å². The average molecular weight is 218 g/mol. The van der Waals surface area contributed by atoms with Crippen LogP contribution in [-0.2, 0) is 6.42 Å². The number of carbonyl (C=O) groups excluding carboxylic acids is 2. The van der Waals surface area contributed by atoms with Crippen molar-refractivity contribution in [1.29, 1.82) is 0 Å². The summed E-state index contributed by atoms with van der Waals surface area (Å²) < 4.78 is 0. The van der Waals surface area contributed by atoms with E-state index in [1.807, 2.05) is 19.9 Å². The zero-order valence-corrected chi connectivity index (χ0v) is 9.33. The molecule has 2 amide bonds. The van der Waals surface area contributed by atoms with Crippen molar-refractivity contribution >= 4 is 11.8 Å². The SMILES string of the molecule is CCc1c([C@H](C)N)ccc2c1C(=O)NC2=O. The van der Waals surface area contributed by atoms with Crippen LogP contribution in [0.25, 0.3) is 0 Å². The summed E-state index contributed by atoms with van der Waals surface area (Å²) in [6.45, 7) is 3.83. The van der Waals surface area contributed by atoms with Crippen molar-refractivity contribution < 1.29 is 9.59 Å². The van der Waals surface area contributed by atoms with E-state index in [2.05, 4.69) is 5.32 Å². The molecule has 1 heterocycles. The molecular formula is C12H14N2O2. The number of fused-ring (bicyclic) bond motifs is 1. The molecule has 0 saturated carbocycles. The third kappa shape index (κ3) is 1.42. The standard InChI is InChI=1S/C12H14N2O2/c1-3-7-8(6(2)13)4-5-9-10(7)12(16)14-11(9)15/h4-6H,3,13H2,1-2H3,(H,14,15,16)/t6-/m0/s1. The number of carbonyl (C=O) groups is 2. The number of hydrogen-bond acceptors (Lipinski definition) is 3. The minimum Gasteiger partial charge on any atom is -0.324 e. The van der Waals surface area contributed by atoms with Crippen LogP contribution < -0.4 is 11.1 Å². The van der Waals surface area contributed by atoms with Crippen molar-refractivity contribution in [3.05, 3.63) is 34.4 Å². The molecule has 1 atom stereocenters. The number of amides is 2. The van der Waals surface area contributed by atoms with Gasteiger partial charge in [0.2, 0.25) is 0 Å². The van der Waals surface area contributed by atoms with Gasteiger partial charge in [-0.2, -0.15) is 0 Å². The molecule has 0 radical (unpaired) electrons. The maximum atomic E-state index is 11.7. The molecule has 1 aromatic rings. The Balaban J connectivity index is 2.70. The van der Waals surface area contributed by atoms with Gasteiger partial charge in [-0.25, -0.2) is 0 Å². The monoisotopic (exact) mass is 218 g/mol. The topological polar surface area (TPSA) is 72.2 Å². The van der Waals surface area contributed by atoms with Crippen LogP contribution in [0.2, 0.25) is 0 Å². The van der Waals surface area contributed by atoms with Crippen molar-refractivity contribution in [3.63, 3.8) is 0 Å². The van der Waals surface area contributed by atoms with Crippen LogP contribution in [-0.4, -0.2) is 11.8 Å². The van der Waals surface area contributed by atoms with Gasteiger partial charge < -0.3 is 5.73 Å². The Bertz CT molecular complexity index is 478. The smallest absolute Gasteiger partial charge is 0.259 e. The molecule has 0 unspecified atom stereocenters. The van der Waals surface area contributed by atoms with Crippen LogP contribution in [0.3, 0.4) is 0 Å². The first-order valence-electron chi connectivity index (χ1n) is 5.33. The van der Waals surface area contributed by atoms with Gasteiger partial charge in [-0.1, -0.05) is 13.0 Å². The van der Waals surface area contributed by atoms with E-state index >= 15 is 0 Å². The molecule has 4 heteroatoms. The summed E-state index contributed by atoms with van der Waals surface area (Å²) in [7, 11) is 0. The fourth-order valence-corrected chi connectivity index (χ4v) is 2.15. The zero-order chi connectivity index (χ0) is 11.9. The fourth-order valence-electron chi connectivity index (χ4n) is 2.15. The minimum atomic E-state index is -0.314. The van der Waals surface area contributed by atoms with Gasteiger partial charge in [-0.3, -0.25) is 14.9 Å². The Morgan fingerprint density at radius 3 is 2.56 bits per heavy atom. The lowest BCUT2D eigenvalue weighted by Gasteiger charge is -2.13. The van der Waals surface area contributed by atoms with Crippen LogP contribution >= 0.6 is 0 Å². The van der Waals surface area contributed by atoms with Crippen molar-refractivity contribution in [2.24, 2.45) is 5.73 Å².